The van der Waals surface area contributed by atoms with Gasteiger partial charge in [-0.1, -0.05) is 11.6 Å². The van der Waals surface area contributed by atoms with Crippen LogP contribution >= 0.6 is 0 Å². The number of ether oxygens (including phenoxy) is 1. The van der Waals surface area contributed by atoms with Crippen LogP contribution in [0.3, 0.4) is 0 Å². The molecule has 3 heteroatoms. The van der Waals surface area contributed by atoms with Gasteiger partial charge in [-0.2, -0.15) is 0 Å². The van der Waals surface area contributed by atoms with Crippen molar-refractivity contribution in [3.05, 3.63) is 40.7 Å². The molecule has 1 aromatic carbocycles. The molecule has 0 spiro atoms. The summed E-state index contributed by atoms with van der Waals surface area (Å²) < 4.78 is 18.5. The number of fused-ring (bicyclic) bond motifs is 2. The molecule has 19 heavy (non-hydrogen) atoms. The average molecular weight is 260 g/mol. The number of carbonyl (C=O) groups is 1. The number of benzene rings is 1. The van der Waals surface area contributed by atoms with E-state index in [1.54, 1.807) is 6.07 Å². The third-order valence-electron chi connectivity index (χ3n) is 4.09. The van der Waals surface area contributed by atoms with Gasteiger partial charge in [0.15, 0.2) is 0 Å². The van der Waals surface area contributed by atoms with E-state index in [1.165, 1.54) is 22.8 Å². The van der Waals surface area contributed by atoms with Crippen LogP contribution in [0.5, 0.6) is 0 Å². The van der Waals surface area contributed by atoms with Crippen molar-refractivity contribution in [1.29, 1.82) is 0 Å². The van der Waals surface area contributed by atoms with Crippen LogP contribution in [0.15, 0.2) is 23.8 Å². The highest BCUT2D eigenvalue weighted by molar-refractivity contribution is 5.82. The lowest BCUT2D eigenvalue weighted by Gasteiger charge is -2.22. The van der Waals surface area contributed by atoms with Crippen LogP contribution in [0.1, 0.15) is 37.3 Å². The Labute approximate surface area is 112 Å². The summed E-state index contributed by atoms with van der Waals surface area (Å²) in [4.78, 5) is 11.8. The summed E-state index contributed by atoms with van der Waals surface area (Å²) in [5, 5.41) is 0. The molecule has 0 radical (unpaired) electrons. The van der Waals surface area contributed by atoms with Gasteiger partial charge in [-0.05, 0) is 61.4 Å². The minimum atomic E-state index is -0.203. The van der Waals surface area contributed by atoms with Crippen LogP contribution in [0.4, 0.5) is 4.39 Å². The Morgan fingerprint density at radius 1 is 1.47 bits per heavy atom. The maximum atomic E-state index is 13.4. The van der Waals surface area contributed by atoms with Crippen molar-refractivity contribution in [1.82, 2.24) is 0 Å². The van der Waals surface area contributed by atoms with Crippen LogP contribution in [-0.4, -0.2) is 12.6 Å². The molecule has 2 aliphatic carbocycles. The summed E-state index contributed by atoms with van der Waals surface area (Å²) in [7, 11) is 0. The molecule has 0 saturated carbocycles. The lowest BCUT2D eigenvalue weighted by atomic mass is 9.84. The number of hydrogen-bond donors (Lipinski definition) is 0. The zero-order valence-electron chi connectivity index (χ0n) is 11.0. The van der Waals surface area contributed by atoms with Crippen molar-refractivity contribution in [3.63, 3.8) is 0 Å². The van der Waals surface area contributed by atoms with Crippen molar-refractivity contribution in [2.24, 2.45) is 5.92 Å². The van der Waals surface area contributed by atoms with E-state index in [0.717, 1.165) is 24.8 Å². The molecule has 0 bridgehead atoms. The Kier molecular flexibility index (Phi) is 3.13. The summed E-state index contributed by atoms with van der Waals surface area (Å²) in [6.07, 6.45) is 3.40. The summed E-state index contributed by atoms with van der Waals surface area (Å²) in [6.45, 7) is 2.25. The van der Waals surface area contributed by atoms with Crippen LogP contribution in [-0.2, 0) is 16.0 Å². The van der Waals surface area contributed by atoms with Gasteiger partial charge >= 0.3 is 5.97 Å². The molecule has 0 fully saturated rings. The van der Waals surface area contributed by atoms with Gasteiger partial charge in [-0.25, -0.2) is 4.39 Å². The summed E-state index contributed by atoms with van der Waals surface area (Å²) in [5.74, 6) is -0.377. The molecular formula is C16H17FO2. The number of carbonyl (C=O) groups excluding carboxylic acids is 1. The molecule has 0 heterocycles. The van der Waals surface area contributed by atoms with E-state index in [9.17, 15) is 9.18 Å². The highest BCUT2D eigenvalue weighted by atomic mass is 19.1. The Morgan fingerprint density at radius 3 is 3.11 bits per heavy atom. The second-order valence-electron chi connectivity index (χ2n) is 5.25. The van der Waals surface area contributed by atoms with Gasteiger partial charge in [0.25, 0.3) is 0 Å². The molecule has 3 rings (SSSR count). The van der Waals surface area contributed by atoms with E-state index in [4.69, 9.17) is 4.74 Å². The van der Waals surface area contributed by atoms with Crippen molar-refractivity contribution in [2.75, 3.05) is 6.61 Å². The third-order valence-corrected chi connectivity index (χ3v) is 4.09. The highest BCUT2D eigenvalue weighted by Gasteiger charge is 2.32. The van der Waals surface area contributed by atoms with Gasteiger partial charge in [0.05, 0.1) is 12.5 Å². The zero-order valence-corrected chi connectivity index (χ0v) is 11.0. The fourth-order valence-corrected chi connectivity index (χ4v) is 3.16. The summed E-state index contributed by atoms with van der Waals surface area (Å²) >= 11 is 0. The number of esters is 1. The van der Waals surface area contributed by atoms with Crippen molar-refractivity contribution >= 4 is 11.5 Å². The van der Waals surface area contributed by atoms with Crippen LogP contribution in [0.2, 0.25) is 0 Å². The molecule has 1 unspecified atom stereocenters. The first-order valence-corrected chi connectivity index (χ1v) is 6.85. The molecule has 1 atom stereocenters. The smallest absolute Gasteiger partial charge is 0.309 e. The first-order valence-electron chi connectivity index (χ1n) is 6.85. The summed E-state index contributed by atoms with van der Waals surface area (Å²) in [6, 6.07) is 4.98. The fraction of sp³-hybridized carbons (Fsp3) is 0.438. The van der Waals surface area contributed by atoms with Gasteiger partial charge in [-0.15, -0.1) is 0 Å². The predicted molar refractivity (Wildman–Crippen MR) is 71.0 cm³/mol. The Balaban J connectivity index is 1.86. The van der Waals surface area contributed by atoms with Gasteiger partial charge in [-0.3, -0.25) is 4.79 Å². The van der Waals surface area contributed by atoms with E-state index >= 15 is 0 Å². The first kappa shape index (κ1) is 12.4. The SMILES string of the molecule is CCOC(=O)C1CCC2=C(C1)c1cc(F)ccc1C2. The first-order chi connectivity index (χ1) is 9.19. The second-order valence-corrected chi connectivity index (χ2v) is 5.25. The van der Waals surface area contributed by atoms with Gasteiger partial charge in [0.2, 0.25) is 0 Å². The molecule has 100 valence electrons. The number of allylic oxidation sites excluding steroid dienone is 2. The van der Waals surface area contributed by atoms with Crippen LogP contribution < -0.4 is 0 Å². The lowest BCUT2D eigenvalue weighted by Crippen LogP contribution is -2.21. The Hall–Kier alpha value is -1.64. The normalized spacial score (nSPS) is 21.1. The maximum absolute atomic E-state index is 13.4. The van der Waals surface area contributed by atoms with E-state index < -0.39 is 0 Å². The Bertz CT molecular complexity index is 560. The molecule has 0 N–H and O–H groups in total. The largest absolute Gasteiger partial charge is 0.466 e. The molecule has 0 saturated heterocycles. The van der Waals surface area contributed by atoms with Crippen molar-refractivity contribution < 1.29 is 13.9 Å². The minimum Gasteiger partial charge on any atom is -0.466 e. The average Bonchev–Trinajstić information content (AvgIpc) is 2.76. The van der Waals surface area contributed by atoms with Crippen molar-refractivity contribution in [2.45, 2.75) is 32.6 Å². The maximum Gasteiger partial charge on any atom is 0.309 e. The molecule has 0 aliphatic heterocycles. The van der Waals surface area contributed by atoms with E-state index in [-0.39, 0.29) is 17.7 Å². The van der Waals surface area contributed by atoms with Crippen LogP contribution in [0, 0.1) is 11.7 Å². The third kappa shape index (κ3) is 2.18. The monoisotopic (exact) mass is 260 g/mol. The topological polar surface area (TPSA) is 26.3 Å². The molecule has 0 amide bonds. The molecule has 1 aromatic rings. The number of halogens is 1. The van der Waals surface area contributed by atoms with Crippen molar-refractivity contribution in [3.8, 4) is 0 Å². The molecular weight excluding hydrogens is 243 g/mol. The quantitative estimate of drug-likeness (QED) is 0.761. The zero-order chi connectivity index (χ0) is 13.4. The highest BCUT2D eigenvalue weighted by Crippen LogP contribution is 2.43. The predicted octanol–water partition coefficient (Wildman–Crippen LogP) is 3.50. The van der Waals surface area contributed by atoms with Crippen LogP contribution in [0.25, 0.3) is 5.57 Å². The molecule has 2 nitrogen and oxygen atoms in total. The van der Waals surface area contributed by atoms with Gasteiger partial charge in [0, 0.05) is 0 Å². The number of hydrogen-bond acceptors (Lipinski definition) is 2. The molecule has 2 aliphatic rings. The van der Waals surface area contributed by atoms with E-state index in [0.29, 0.717) is 13.0 Å². The second kappa shape index (κ2) is 4.80. The Morgan fingerprint density at radius 2 is 2.32 bits per heavy atom. The minimum absolute atomic E-state index is 0.0621. The van der Waals surface area contributed by atoms with E-state index in [1.807, 2.05) is 13.0 Å². The standard InChI is InChI=1S/C16H17FO2/c1-2-19-16(18)12-4-3-10-7-11-5-6-13(17)9-15(11)14(10)8-12/h5-6,9,12H,2-4,7-8H2,1H3. The number of rotatable bonds is 2. The summed E-state index contributed by atoms with van der Waals surface area (Å²) in [5.41, 5.74) is 4.75. The lowest BCUT2D eigenvalue weighted by molar-refractivity contribution is -0.148. The van der Waals surface area contributed by atoms with Gasteiger partial charge in [0.1, 0.15) is 5.82 Å². The fourth-order valence-electron chi connectivity index (χ4n) is 3.16. The molecule has 0 aromatic heterocycles. The van der Waals surface area contributed by atoms with E-state index in [2.05, 4.69) is 0 Å². The van der Waals surface area contributed by atoms with Gasteiger partial charge < -0.3 is 4.74 Å².